The first-order valence-corrected chi connectivity index (χ1v) is 9.14. The van der Waals surface area contributed by atoms with Crippen molar-refractivity contribution in [2.75, 3.05) is 23.9 Å². The van der Waals surface area contributed by atoms with Gasteiger partial charge < -0.3 is 10.1 Å². The number of amides is 1. The second-order valence-electron chi connectivity index (χ2n) is 6.75. The van der Waals surface area contributed by atoms with Crippen molar-refractivity contribution < 1.29 is 17.9 Å². The van der Waals surface area contributed by atoms with Gasteiger partial charge in [-0.15, -0.1) is 0 Å². The van der Waals surface area contributed by atoms with Gasteiger partial charge in [0.15, 0.2) is 9.84 Å². The number of ether oxygens (including phenoxy) is 1. The number of rotatable bonds is 3. The van der Waals surface area contributed by atoms with Crippen LogP contribution >= 0.6 is 0 Å². The molecular weight excluding hydrogens is 302 g/mol. The molecule has 0 aromatic heterocycles. The number of nitrogens with one attached hydrogen (secondary N) is 1. The summed E-state index contributed by atoms with van der Waals surface area (Å²) in [7, 11) is -1.53. The van der Waals surface area contributed by atoms with E-state index in [2.05, 4.69) is 26.1 Å². The monoisotopic (exact) mass is 325 g/mol. The first-order valence-electron chi connectivity index (χ1n) is 7.32. The quantitative estimate of drug-likeness (QED) is 0.926. The van der Waals surface area contributed by atoms with Crippen molar-refractivity contribution in [2.24, 2.45) is 5.92 Å². The molecule has 5 nitrogen and oxygen atoms in total. The number of anilines is 1. The predicted octanol–water partition coefficient (Wildman–Crippen LogP) is 2.37. The van der Waals surface area contributed by atoms with Gasteiger partial charge in [-0.3, -0.25) is 4.79 Å². The van der Waals surface area contributed by atoms with Crippen LogP contribution in [0, 0.1) is 5.92 Å². The van der Waals surface area contributed by atoms with Gasteiger partial charge >= 0.3 is 0 Å². The number of sulfone groups is 1. The molecule has 0 radical (unpaired) electrons. The van der Waals surface area contributed by atoms with Crippen LogP contribution in [0.25, 0.3) is 0 Å². The first kappa shape index (κ1) is 16.8. The van der Waals surface area contributed by atoms with E-state index in [1.807, 2.05) is 18.2 Å². The lowest BCUT2D eigenvalue weighted by atomic mass is 9.86. The molecule has 0 aliphatic carbocycles. The largest absolute Gasteiger partial charge is 0.495 e. The maximum atomic E-state index is 12.3. The fourth-order valence-corrected chi connectivity index (χ4v) is 4.25. The molecule has 6 heteroatoms. The third-order valence-corrected chi connectivity index (χ3v) is 5.69. The Labute approximate surface area is 132 Å². The van der Waals surface area contributed by atoms with Gasteiger partial charge in [0.05, 0.1) is 30.2 Å². The molecule has 0 bridgehead atoms. The van der Waals surface area contributed by atoms with Crippen LogP contribution in [0.2, 0.25) is 0 Å². The lowest BCUT2D eigenvalue weighted by Crippen LogP contribution is -2.24. The van der Waals surface area contributed by atoms with Crippen LogP contribution in [0.1, 0.15) is 32.8 Å². The van der Waals surface area contributed by atoms with Gasteiger partial charge in [-0.2, -0.15) is 0 Å². The normalized spacial score (nSPS) is 20.6. The minimum atomic E-state index is -3.07. The Balaban J connectivity index is 2.23. The number of carbonyl (C=O) groups excluding carboxylic acids is 1. The molecule has 1 aliphatic rings. The van der Waals surface area contributed by atoms with Crippen molar-refractivity contribution in [1.29, 1.82) is 0 Å². The van der Waals surface area contributed by atoms with Gasteiger partial charge in [-0.05, 0) is 29.5 Å². The van der Waals surface area contributed by atoms with Crippen molar-refractivity contribution in [1.82, 2.24) is 0 Å². The highest BCUT2D eigenvalue weighted by Crippen LogP contribution is 2.32. The van der Waals surface area contributed by atoms with E-state index in [0.29, 0.717) is 17.9 Å². The molecule has 1 aromatic carbocycles. The van der Waals surface area contributed by atoms with E-state index in [0.717, 1.165) is 5.56 Å². The summed E-state index contributed by atoms with van der Waals surface area (Å²) in [6, 6.07) is 5.68. The van der Waals surface area contributed by atoms with Crippen molar-refractivity contribution >= 4 is 21.4 Å². The molecule has 0 unspecified atom stereocenters. The highest BCUT2D eigenvalue weighted by Gasteiger charge is 2.33. The Morgan fingerprint density at radius 2 is 2.00 bits per heavy atom. The van der Waals surface area contributed by atoms with Crippen LogP contribution in [0.4, 0.5) is 5.69 Å². The van der Waals surface area contributed by atoms with Gasteiger partial charge in [0.2, 0.25) is 5.91 Å². The zero-order chi connectivity index (χ0) is 16.5. The maximum absolute atomic E-state index is 12.3. The minimum absolute atomic E-state index is 0.0531. The van der Waals surface area contributed by atoms with Crippen LogP contribution < -0.4 is 10.1 Å². The van der Waals surface area contributed by atoms with Crippen LogP contribution in [0.5, 0.6) is 5.75 Å². The molecule has 1 aromatic rings. The Morgan fingerprint density at radius 3 is 2.50 bits per heavy atom. The lowest BCUT2D eigenvalue weighted by Gasteiger charge is -2.21. The van der Waals surface area contributed by atoms with E-state index in [4.69, 9.17) is 4.74 Å². The average Bonchev–Trinajstić information content (AvgIpc) is 2.78. The molecule has 1 aliphatic heterocycles. The SMILES string of the molecule is COc1ccc(C(C)(C)C)cc1NC(=O)[C@H]1CCS(=O)(=O)C1. The number of methoxy groups -OCH3 is 1. The highest BCUT2D eigenvalue weighted by atomic mass is 32.2. The van der Waals surface area contributed by atoms with Gasteiger partial charge in [0, 0.05) is 0 Å². The first-order chi connectivity index (χ1) is 10.1. The molecule has 122 valence electrons. The van der Waals surface area contributed by atoms with Gasteiger partial charge in [0.25, 0.3) is 0 Å². The van der Waals surface area contributed by atoms with Crippen LogP contribution in [-0.4, -0.2) is 32.9 Å². The van der Waals surface area contributed by atoms with Gasteiger partial charge in [-0.25, -0.2) is 8.42 Å². The van der Waals surface area contributed by atoms with E-state index in [1.54, 1.807) is 7.11 Å². The van der Waals surface area contributed by atoms with Crippen LogP contribution in [0.3, 0.4) is 0 Å². The Morgan fingerprint density at radius 1 is 1.32 bits per heavy atom. The smallest absolute Gasteiger partial charge is 0.228 e. The second kappa shape index (κ2) is 5.91. The number of hydrogen-bond donors (Lipinski definition) is 1. The molecule has 0 spiro atoms. The third-order valence-electron chi connectivity index (χ3n) is 3.93. The summed E-state index contributed by atoms with van der Waals surface area (Å²) in [5.74, 6) is -0.148. The summed E-state index contributed by atoms with van der Waals surface area (Å²) >= 11 is 0. The summed E-state index contributed by atoms with van der Waals surface area (Å²) in [6.07, 6.45) is 0.384. The number of hydrogen-bond acceptors (Lipinski definition) is 4. The molecule has 1 fully saturated rings. The molecule has 1 amide bonds. The van der Waals surface area contributed by atoms with E-state index in [9.17, 15) is 13.2 Å². The van der Waals surface area contributed by atoms with E-state index in [1.165, 1.54) is 0 Å². The number of benzene rings is 1. The zero-order valence-electron chi connectivity index (χ0n) is 13.5. The van der Waals surface area contributed by atoms with Crippen molar-refractivity contribution in [3.63, 3.8) is 0 Å². The molecule has 22 heavy (non-hydrogen) atoms. The topological polar surface area (TPSA) is 72.5 Å². The molecule has 1 atom stereocenters. The number of carbonyl (C=O) groups is 1. The van der Waals surface area contributed by atoms with E-state index in [-0.39, 0.29) is 22.8 Å². The molecule has 1 N–H and O–H groups in total. The Bertz CT molecular complexity index is 674. The standard InChI is InChI=1S/C16H23NO4S/c1-16(2,3)12-5-6-14(21-4)13(9-12)17-15(18)11-7-8-22(19,20)10-11/h5-6,9,11H,7-8,10H2,1-4H3,(H,17,18)/t11-/m0/s1. The summed E-state index contributed by atoms with van der Waals surface area (Å²) in [5.41, 5.74) is 1.61. The van der Waals surface area contributed by atoms with Crippen molar-refractivity contribution in [3.05, 3.63) is 23.8 Å². The summed E-state index contributed by atoms with van der Waals surface area (Å²) in [4.78, 5) is 12.3. The van der Waals surface area contributed by atoms with E-state index >= 15 is 0 Å². The third kappa shape index (κ3) is 3.80. The van der Waals surface area contributed by atoms with Gasteiger partial charge in [-0.1, -0.05) is 26.8 Å². The van der Waals surface area contributed by atoms with Crippen molar-refractivity contribution in [2.45, 2.75) is 32.6 Å². The molecule has 0 saturated carbocycles. The molecule has 1 saturated heterocycles. The molecule has 1 heterocycles. The summed E-state index contributed by atoms with van der Waals surface area (Å²) < 4.78 is 28.3. The highest BCUT2D eigenvalue weighted by molar-refractivity contribution is 7.91. The fourth-order valence-electron chi connectivity index (χ4n) is 2.51. The zero-order valence-corrected chi connectivity index (χ0v) is 14.3. The Kier molecular flexibility index (Phi) is 4.52. The van der Waals surface area contributed by atoms with Crippen LogP contribution in [-0.2, 0) is 20.0 Å². The summed E-state index contributed by atoms with van der Waals surface area (Å²) in [5, 5.41) is 2.83. The Hall–Kier alpha value is -1.56. The molecular formula is C16H23NO4S. The van der Waals surface area contributed by atoms with Crippen LogP contribution in [0.15, 0.2) is 18.2 Å². The second-order valence-corrected chi connectivity index (χ2v) is 8.98. The molecule has 2 rings (SSSR count). The summed E-state index contributed by atoms with van der Waals surface area (Å²) in [6.45, 7) is 6.26. The van der Waals surface area contributed by atoms with Gasteiger partial charge in [0.1, 0.15) is 5.75 Å². The minimum Gasteiger partial charge on any atom is -0.495 e. The average molecular weight is 325 g/mol. The fraction of sp³-hybridized carbons (Fsp3) is 0.562. The van der Waals surface area contributed by atoms with Crippen molar-refractivity contribution in [3.8, 4) is 5.75 Å². The predicted molar refractivity (Wildman–Crippen MR) is 87.1 cm³/mol. The lowest BCUT2D eigenvalue weighted by molar-refractivity contribution is -0.119. The van der Waals surface area contributed by atoms with E-state index < -0.39 is 15.8 Å². The maximum Gasteiger partial charge on any atom is 0.228 e.